The second kappa shape index (κ2) is 6.17. The van der Waals surface area contributed by atoms with E-state index in [4.69, 9.17) is 14.8 Å². The van der Waals surface area contributed by atoms with Gasteiger partial charge in [-0.05, 0) is 17.7 Å². The fourth-order valence-electron chi connectivity index (χ4n) is 1.49. The van der Waals surface area contributed by atoms with Crippen LogP contribution in [0.3, 0.4) is 0 Å². The van der Waals surface area contributed by atoms with Crippen molar-refractivity contribution in [2.45, 2.75) is 6.54 Å². The van der Waals surface area contributed by atoms with Crippen LogP contribution in [0.5, 0.6) is 5.75 Å². The highest BCUT2D eigenvalue weighted by molar-refractivity contribution is 6.58. The molecule has 0 spiro atoms. The molecule has 7 heteroatoms. The summed E-state index contributed by atoms with van der Waals surface area (Å²) in [7, 11) is 0.0775. The normalized spacial score (nSPS) is 10.1. The van der Waals surface area contributed by atoms with Gasteiger partial charge in [-0.25, -0.2) is 9.97 Å². The maximum Gasteiger partial charge on any atom is 0.491 e. The van der Waals surface area contributed by atoms with Crippen molar-refractivity contribution in [3.8, 4) is 5.75 Å². The number of benzene rings is 1. The Morgan fingerprint density at radius 3 is 2.32 bits per heavy atom. The standard InChI is InChI=1S/C12H14BN3O3/c1-19-11-4-2-9(3-5-11)6-14-12-15-7-10(8-16-12)13(17)18/h2-5,7-8,17-18H,6H2,1H3,(H,14,15,16). The molecule has 0 fully saturated rings. The molecule has 0 atom stereocenters. The molecule has 0 amide bonds. The van der Waals surface area contributed by atoms with Crippen LogP contribution in [0.1, 0.15) is 5.56 Å². The zero-order valence-corrected chi connectivity index (χ0v) is 10.4. The zero-order valence-electron chi connectivity index (χ0n) is 10.4. The molecule has 0 aliphatic carbocycles. The van der Waals surface area contributed by atoms with Gasteiger partial charge in [0.15, 0.2) is 0 Å². The first-order chi connectivity index (χ1) is 9.19. The van der Waals surface area contributed by atoms with Gasteiger partial charge >= 0.3 is 7.12 Å². The summed E-state index contributed by atoms with van der Waals surface area (Å²) in [5, 5.41) is 20.9. The number of hydrogen-bond acceptors (Lipinski definition) is 6. The van der Waals surface area contributed by atoms with Crippen LogP contribution in [0.15, 0.2) is 36.7 Å². The van der Waals surface area contributed by atoms with Gasteiger partial charge in [-0.15, -0.1) is 0 Å². The van der Waals surface area contributed by atoms with E-state index in [2.05, 4.69) is 15.3 Å². The van der Waals surface area contributed by atoms with Crippen molar-refractivity contribution in [3.63, 3.8) is 0 Å². The quantitative estimate of drug-likeness (QED) is 0.643. The SMILES string of the molecule is COc1ccc(CNc2ncc(B(O)O)cn2)cc1. The summed E-state index contributed by atoms with van der Waals surface area (Å²) < 4.78 is 5.08. The van der Waals surface area contributed by atoms with Crippen molar-refractivity contribution in [2.75, 3.05) is 12.4 Å². The Kier molecular flexibility index (Phi) is 4.32. The summed E-state index contributed by atoms with van der Waals surface area (Å²) in [6.45, 7) is 0.574. The van der Waals surface area contributed by atoms with E-state index in [1.165, 1.54) is 12.4 Å². The second-order valence-electron chi connectivity index (χ2n) is 3.92. The second-order valence-corrected chi connectivity index (χ2v) is 3.92. The molecular formula is C12H14BN3O3. The molecule has 1 aromatic carbocycles. The van der Waals surface area contributed by atoms with E-state index in [1.54, 1.807) is 7.11 Å². The predicted octanol–water partition coefficient (Wildman–Crippen LogP) is -0.223. The third-order valence-corrected chi connectivity index (χ3v) is 2.58. The van der Waals surface area contributed by atoms with Gasteiger partial charge in [-0.2, -0.15) is 0 Å². The van der Waals surface area contributed by atoms with Crippen molar-refractivity contribution in [1.29, 1.82) is 0 Å². The highest BCUT2D eigenvalue weighted by Crippen LogP contribution is 2.11. The molecule has 0 radical (unpaired) electrons. The number of methoxy groups -OCH3 is 1. The minimum atomic E-state index is -1.55. The van der Waals surface area contributed by atoms with Crippen molar-refractivity contribution in [1.82, 2.24) is 9.97 Å². The van der Waals surface area contributed by atoms with E-state index in [-0.39, 0.29) is 5.46 Å². The van der Waals surface area contributed by atoms with Crippen LogP contribution in [0.4, 0.5) is 5.95 Å². The average molecular weight is 259 g/mol. The minimum Gasteiger partial charge on any atom is -0.497 e. The van der Waals surface area contributed by atoms with Gasteiger partial charge in [0.25, 0.3) is 0 Å². The molecule has 2 aromatic rings. The van der Waals surface area contributed by atoms with Crippen molar-refractivity contribution >= 4 is 18.5 Å². The van der Waals surface area contributed by atoms with Crippen LogP contribution in [0.25, 0.3) is 0 Å². The first kappa shape index (κ1) is 13.3. The molecule has 0 aliphatic heterocycles. The summed E-state index contributed by atoms with van der Waals surface area (Å²) in [5.41, 5.74) is 1.32. The number of anilines is 1. The number of aromatic nitrogens is 2. The van der Waals surface area contributed by atoms with Crippen LogP contribution < -0.4 is 15.5 Å². The number of hydrogen-bond donors (Lipinski definition) is 3. The molecule has 6 nitrogen and oxygen atoms in total. The molecule has 3 N–H and O–H groups in total. The largest absolute Gasteiger partial charge is 0.497 e. The lowest BCUT2D eigenvalue weighted by Crippen LogP contribution is -2.30. The van der Waals surface area contributed by atoms with Gasteiger partial charge in [0.1, 0.15) is 5.75 Å². The predicted molar refractivity (Wildman–Crippen MR) is 72.2 cm³/mol. The lowest BCUT2D eigenvalue weighted by atomic mass is 9.83. The Hall–Kier alpha value is -2.12. The van der Waals surface area contributed by atoms with E-state index in [0.717, 1.165) is 11.3 Å². The van der Waals surface area contributed by atoms with E-state index in [9.17, 15) is 0 Å². The first-order valence-electron chi connectivity index (χ1n) is 5.74. The van der Waals surface area contributed by atoms with Crippen LogP contribution >= 0.6 is 0 Å². The van der Waals surface area contributed by atoms with E-state index < -0.39 is 7.12 Å². The first-order valence-corrected chi connectivity index (χ1v) is 5.74. The van der Waals surface area contributed by atoms with E-state index in [1.807, 2.05) is 24.3 Å². The van der Waals surface area contributed by atoms with Gasteiger partial charge in [-0.1, -0.05) is 12.1 Å². The molecule has 0 saturated heterocycles. The summed E-state index contributed by atoms with van der Waals surface area (Å²) in [4.78, 5) is 7.96. The Balaban J connectivity index is 1.94. The molecule has 2 rings (SSSR count). The van der Waals surface area contributed by atoms with E-state index >= 15 is 0 Å². The Labute approximate surface area is 111 Å². The molecule has 0 aliphatic rings. The summed E-state index contributed by atoms with van der Waals surface area (Å²) in [6, 6.07) is 7.64. The molecule has 98 valence electrons. The van der Waals surface area contributed by atoms with Crippen molar-refractivity contribution in [2.24, 2.45) is 0 Å². The smallest absolute Gasteiger partial charge is 0.491 e. The Bertz CT molecular complexity index is 517. The van der Waals surface area contributed by atoms with Gasteiger partial charge in [0.05, 0.1) is 7.11 Å². The van der Waals surface area contributed by atoms with Gasteiger partial charge in [0.2, 0.25) is 5.95 Å². The van der Waals surface area contributed by atoms with E-state index in [0.29, 0.717) is 12.5 Å². The minimum absolute atomic E-state index is 0.259. The number of nitrogens with zero attached hydrogens (tertiary/aromatic N) is 2. The number of rotatable bonds is 5. The molecule has 19 heavy (non-hydrogen) atoms. The Morgan fingerprint density at radius 1 is 1.16 bits per heavy atom. The fourth-order valence-corrected chi connectivity index (χ4v) is 1.49. The summed E-state index contributed by atoms with van der Waals surface area (Å²) >= 11 is 0. The average Bonchev–Trinajstić information content (AvgIpc) is 2.46. The lowest BCUT2D eigenvalue weighted by molar-refractivity contribution is 0.414. The zero-order chi connectivity index (χ0) is 13.7. The van der Waals surface area contributed by atoms with Crippen LogP contribution in [-0.4, -0.2) is 34.2 Å². The van der Waals surface area contributed by atoms with Crippen LogP contribution in [0.2, 0.25) is 0 Å². The third kappa shape index (κ3) is 3.67. The molecule has 0 bridgehead atoms. The van der Waals surface area contributed by atoms with Gasteiger partial charge in [-0.3, -0.25) is 0 Å². The highest BCUT2D eigenvalue weighted by Gasteiger charge is 2.11. The topological polar surface area (TPSA) is 87.5 Å². The number of nitrogens with one attached hydrogen (secondary N) is 1. The highest BCUT2D eigenvalue weighted by atomic mass is 16.5. The molecule has 1 aromatic heterocycles. The lowest BCUT2D eigenvalue weighted by Gasteiger charge is -2.06. The summed E-state index contributed by atoms with van der Waals surface area (Å²) in [5.74, 6) is 1.24. The van der Waals surface area contributed by atoms with Crippen molar-refractivity contribution in [3.05, 3.63) is 42.2 Å². The van der Waals surface area contributed by atoms with Gasteiger partial charge in [0, 0.05) is 24.4 Å². The molecule has 0 unspecified atom stereocenters. The third-order valence-electron chi connectivity index (χ3n) is 2.58. The van der Waals surface area contributed by atoms with Gasteiger partial charge < -0.3 is 20.1 Å². The fraction of sp³-hybridized carbons (Fsp3) is 0.167. The Morgan fingerprint density at radius 2 is 1.79 bits per heavy atom. The number of ether oxygens (including phenoxy) is 1. The van der Waals surface area contributed by atoms with Crippen LogP contribution in [-0.2, 0) is 6.54 Å². The monoisotopic (exact) mass is 259 g/mol. The maximum absolute atomic E-state index is 8.92. The molecule has 1 heterocycles. The summed E-state index contributed by atoms with van der Waals surface area (Å²) in [6.07, 6.45) is 2.74. The van der Waals surface area contributed by atoms with Crippen LogP contribution in [0, 0.1) is 0 Å². The maximum atomic E-state index is 8.92. The molecular weight excluding hydrogens is 245 g/mol. The molecule has 0 saturated carbocycles. The van der Waals surface area contributed by atoms with Crippen molar-refractivity contribution < 1.29 is 14.8 Å².